The molecular formula is C11H13ClOS. The SMILES string of the molecule is CCc1cc(S)ccc1CC(=O)CCl. The molecule has 0 spiro atoms. The number of thiol groups is 1. The predicted octanol–water partition coefficient (Wildman–Crippen LogP) is 2.89. The first-order valence-electron chi connectivity index (χ1n) is 4.55. The number of hydrogen-bond donors (Lipinski definition) is 1. The van der Waals surface area contributed by atoms with E-state index in [1.165, 1.54) is 5.56 Å². The smallest absolute Gasteiger partial charge is 0.151 e. The molecule has 0 heterocycles. The van der Waals surface area contributed by atoms with E-state index in [1.54, 1.807) is 0 Å². The fraction of sp³-hybridized carbons (Fsp3) is 0.364. The summed E-state index contributed by atoms with van der Waals surface area (Å²) in [6.45, 7) is 2.07. The second-order valence-corrected chi connectivity index (χ2v) is 3.94. The molecule has 76 valence electrons. The van der Waals surface area contributed by atoms with Crippen LogP contribution in [0.1, 0.15) is 18.1 Å². The molecule has 0 N–H and O–H groups in total. The molecule has 0 aliphatic rings. The molecule has 0 radical (unpaired) electrons. The summed E-state index contributed by atoms with van der Waals surface area (Å²) in [6, 6.07) is 5.85. The van der Waals surface area contributed by atoms with Crippen molar-refractivity contribution >= 4 is 30.0 Å². The number of aryl methyl sites for hydroxylation is 1. The highest BCUT2D eigenvalue weighted by Crippen LogP contribution is 2.16. The van der Waals surface area contributed by atoms with E-state index in [0.29, 0.717) is 6.42 Å². The Morgan fingerprint density at radius 3 is 2.71 bits per heavy atom. The summed E-state index contributed by atoms with van der Waals surface area (Å²) in [5, 5.41) is 0. The van der Waals surface area contributed by atoms with Crippen molar-refractivity contribution in [2.75, 3.05) is 5.88 Å². The number of alkyl halides is 1. The number of carbonyl (C=O) groups is 1. The second kappa shape index (κ2) is 5.42. The van der Waals surface area contributed by atoms with E-state index >= 15 is 0 Å². The molecule has 1 nitrogen and oxygen atoms in total. The summed E-state index contributed by atoms with van der Waals surface area (Å²) < 4.78 is 0. The highest BCUT2D eigenvalue weighted by Gasteiger charge is 2.06. The van der Waals surface area contributed by atoms with E-state index in [9.17, 15) is 4.79 Å². The molecule has 0 unspecified atom stereocenters. The highest BCUT2D eigenvalue weighted by molar-refractivity contribution is 7.80. The lowest BCUT2D eigenvalue weighted by atomic mass is 10.0. The minimum Gasteiger partial charge on any atom is -0.298 e. The van der Waals surface area contributed by atoms with E-state index in [4.69, 9.17) is 11.6 Å². The lowest BCUT2D eigenvalue weighted by Crippen LogP contribution is -2.06. The van der Waals surface area contributed by atoms with Crippen molar-refractivity contribution in [2.45, 2.75) is 24.7 Å². The van der Waals surface area contributed by atoms with Gasteiger partial charge in [0, 0.05) is 11.3 Å². The number of ketones is 1. The van der Waals surface area contributed by atoms with E-state index in [1.807, 2.05) is 18.2 Å². The zero-order valence-corrected chi connectivity index (χ0v) is 9.74. The van der Waals surface area contributed by atoms with Crippen molar-refractivity contribution in [1.82, 2.24) is 0 Å². The topological polar surface area (TPSA) is 17.1 Å². The average molecular weight is 229 g/mol. The van der Waals surface area contributed by atoms with Crippen molar-refractivity contribution in [3.63, 3.8) is 0 Å². The van der Waals surface area contributed by atoms with E-state index in [2.05, 4.69) is 19.6 Å². The monoisotopic (exact) mass is 228 g/mol. The molecule has 1 rings (SSSR count). The molecule has 1 aromatic carbocycles. The quantitative estimate of drug-likeness (QED) is 0.620. The standard InChI is InChI=1S/C11H13ClOS/c1-2-8-6-11(14)4-3-9(8)5-10(13)7-12/h3-4,6,14H,2,5,7H2,1H3. The highest BCUT2D eigenvalue weighted by atomic mass is 35.5. The largest absolute Gasteiger partial charge is 0.298 e. The van der Waals surface area contributed by atoms with Crippen molar-refractivity contribution in [1.29, 1.82) is 0 Å². The molecule has 0 aliphatic carbocycles. The zero-order valence-electron chi connectivity index (χ0n) is 8.09. The van der Waals surface area contributed by atoms with Gasteiger partial charge in [-0.15, -0.1) is 24.2 Å². The zero-order chi connectivity index (χ0) is 10.6. The number of rotatable bonds is 4. The van der Waals surface area contributed by atoms with Gasteiger partial charge in [-0.2, -0.15) is 0 Å². The van der Waals surface area contributed by atoms with Gasteiger partial charge in [0.1, 0.15) is 0 Å². The van der Waals surface area contributed by atoms with Crippen molar-refractivity contribution < 1.29 is 4.79 Å². The molecule has 0 fully saturated rings. The lowest BCUT2D eigenvalue weighted by molar-refractivity contribution is -0.116. The Morgan fingerprint density at radius 2 is 2.14 bits per heavy atom. The van der Waals surface area contributed by atoms with Crippen LogP contribution < -0.4 is 0 Å². The van der Waals surface area contributed by atoms with Gasteiger partial charge >= 0.3 is 0 Å². The van der Waals surface area contributed by atoms with Crippen LogP contribution in [-0.2, 0) is 17.6 Å². The first-order valence-corrected chi connectivity index (χ1v) is 5.54. The number of benzene rings is 1. The maximum atomic E-state index is 11.2. The van der Waals surface area contributed by atoms with Gasteiger partial charge in [0.2, 0.25) is 0 Å². The maximum absolute atomic E-state index is 11.2. The van der Waals surface area contributed by atoms with Crippen LogP contribution in [0.25, 0.3) is 0 Å². The van der Waals surface area contributed by atoms with Crippen molar-refractivity contribution in [3.8, 4) is 0 Å². The third-order valence-corrected chi connectivity index (χ3v) is 2.68. The van der Waals surface area contributed by atoms with Crippen LogP contribution in [-0.4, -0.2) is 11.7 Å². The van der Waals surface area contributed by atoms with Crippen molar-refractivity contribution in [3.05, 3.63) is 29.3 Å². The molecular weight excluding hydrogens is 216 g/mol. The first kappa shape index (κ1) is 11.6. The minimum absolute atomic E-state index is 0.0632. The number of hydrogen-bond acceptors (Lipinski definition) is 2. The number of carbonyl (C=O) groups excluding carboxylic acids is 1. The maximum Gasteiger partial charge on any atom is 0.151 e. The molecule has 0 aliphatic heterocycles. The summed E-state index contributed by atoms with van der Waals surface area (Å²) >= 11 is 9.72. The van der Waals surface area contributed by atoms with Gasteiger partial charge in [-0.05, 0) is 29.7 Å². The van der Waals surface area contributed by atoms with E-state index in [-0.39, 0.29) is 11.7 Å². The molecule has 3 heteroatoms. The van der Waals surface area contributed by atoms with Crippen LogP contribution in [0, 0.1) is 0 Å². The van der Waals surface area contributed by atoms with Gasteiger partial charge in [-0.1, -0.05) is 13.0 Å². The van der Waals surface area contributed by atoms with Crippen LogP contribution in [0.15, 0.2) is 23.1 Å². The molecule has 0 atom stereocenters. The van der Waals surface area contributed by atoms with Gasteiger partial charge in [0.25, 0.3) is 0 Å². The van der Waals surface area contributed by atoms with Gasteiger partial charge in [0.15, 0.2) is 5.78 Å². The molecule has 0 bridgehead atoms. The van der Waals surface area contributed by atoms with Crippen LogP contribution in [0.2, 0.25) is 0 Å². The Morgan fingerprint density at radius 1 is 1.43 bits per heavy atom. The van der Waals surface area contributed by atoms with Crippen LogP contribution in [0.4, 0.5) is 0 Å². The summed E-state index contributed by atoms with van der Waals surface area (Å²) in [5.41, 5.74) is 2.24. The van der Waals surface area contributed by atoms with Crippen molar-refractivity contribution in [2.24, 2.45) is 0 Å². The Bertz CT molecular complexity index is 336. The Labute approximate surface area is 94.9 Å². The fourth-order valence-corrected chi connectivity index (χ4v) is 1.70. The third kappa shape index (κ3) is 3.03. The lowest BCUT2D eigenvalue weighted by Gasteiger charge is -2.06. The average Bonchev–Trinajstić information content (AvgIpc) is 2.20. The predicted molar refractivity (Wildman–Crippen MR) is 62.5 cm³/mol. The second-order valence-electron chi connectivity index (χ2n) is 3.16. The number of Topliss-reactive ketones (excluding diaryl/α,β-unsaturated/α-hetero) is 1. The summed E-state index contributed by atoms with van der Waals surface area (Å²) in [5.74, 6) is 0.152. The fourth-order valence-electron chi connectivity index (χ4n) is 1.37. The van der Waals surface area contributed by atoms with Gasteiger partial charge < -0.3 is 0 Å². The third-order valence-electron chi connectivity index (χ3n) is 2.11. The van der Waals surface area contributed by atoms with Crippen LogP contribution in [0.3, 0.4) is 0 Å². The number of halogens is 1. The Balaban J connectivity index is 2.90. The summed E-state index contributed by atoms with van der Waals surface area (Å²) in [4.78, 5) is 12.1. The van der Waals surface area contributed by atoms with Crippen LogP contribution >= 0.6 is 24.2 Å². The minimum atomic E-state index is 0.0632. The molecule has 0 amide bonds. The van der Waals surface area contributed by atoms with E-state index in [0.717, 1.165) is 16.9 Å². The molecule has 0 saturated carbocycles. The molecule has 14 heavy (non-hydrogen) atoms. The van der Waals surface area contributed by atoms with Gasteiger partial charge in [-0.3, -0.25) is 4.79 Å². The molecule has 0 saturated heterocycles. The van der Waals surface area contributed by atoms with Crippen LogP contribution in [0.5, 0.6) is 0 Å². The normalized spacial score (nSPS) is 10.2. The van der Waals surface area contributed by atoms with Gasteiger partial charge in [0.05, 0.1) is 5.88 Å². The summed E-state index contributed by atoms with van der Waals surface area (Å²) in [7, 11) is 0. The Hall–Kier alpha value is -0.470. The van der Waals surface area contributed by atoms with Gasteiger partial charge in [-0.25, -0.2) is 0 Å². The first-order chi connectivity index (χ1) is 6.67. The molecule has 1 aromatic rings. The van der Waals surface area contributed by atoms with E-state index < -0.39 is 0 Å². The summed E-state index contributed by atoms with van der Waals surface area (Å²) in [6.07, 6.45) is 1.35. The Kier molecular flexibility index (Phi) is 4.49. The molecule has 0 aromatic heterocycles.